The molecule has 0 aliphatic carbocycles. The van der Waals surface area contributed by atoms with Crippen molar-refractivity contribution in [2.45, 2.75) is 6.92 Å². The molecule has 1 aromatic heterocycles. The van der Waals surface area contributed by atoms with Gasteiger partial charge in [0.1, 0.15) is 5.82 Å². The van der Waals surface area contributed by atoms with Crippen LogP contribution in [0.2, 0.25) is 0 Å². The molecule has 3 heteroatoms. The third kappa shape index (κ3) is 1.29. The summed E-state index contributed by atoms with van der Waals surface area (Å²) in [6.07, 6.45) is 0. The number of benzene rings is 2. The Bertz CT molecular complexity index is 742. The first-order chi connectivity index (χ1) is 8.20. The molecule has 2 aromatic carbocycles. The molecular formula is C14H10FNO. The highest BCUT2D eigenvalue weighted by atomic mass is 19.1. The number of fused-ring (bicyclic) bond motifs is 3. The van der Waals surface area contributed by atoms with Crippen molar-refractivity contribution in [1.82, 2.24) is 4.57 Å². The summed E-state index contributed by atoms with van der Waals surface area (Å²) >= 11 is 0. The molecule has 0 bridgehead atoms. The van der Waals surface area contributed by atoms with Crippen LogP contribution >= 0.6 is 0 Å². The summed E-state index contributed by atoms with van der Waals surface area (Å²) in [6.45, 7) is 1.48. The Morgan fingerprint density at radius 3 is 2.53 bits per heavy atom. The lowest BCUT2D eigenvalue weighted by atomic mass is 10.1. The highest BCUT2D eigenvalue weighted by Crippen LogP contribution is 2.30. The Morgan fingerprint density at radius 2 is 1.76 bits per heavy atom. The van der Waals surface area contributed by atoms with Crippen molar-refractivity contribution >= 4 is 27.7 Å². The molecule has 0 aliphatic rings. The maximum absolute atomic E-state index is 13.9. The smallest absolute Gasteiger partial charge is 0.228 e. The van der Waals surface area contributed by atoms with Gasteiger partial charge in [0.05, 0.1) is 11.0 Å². The van der Waals surface area contributed by atoms with Crippen LogP contribution in [0.25, 0.3) is 21.8 Å². The third-order valence-electron chi connectivity index (χ3n) is 2.96. The van der Waals surface area contributed by atoms with Gasteiger partial charge < -0.3 is 0 Å². The molecule has 0 N–H and O–H groups in total. The molecule has 2 nitrogen and oxygen atoms in total. The lowest BCUT2D eigenvalue weighted by Gasteiger charge is -2.00. The standard InChI is InChI=1S/C14H10FNO/c1-9(17)16-12-7-3-2-5-10(12)14-11(15)6-4-8-13(14)16/h2-8H,1H3. The molecule has 3 aromatic rings. The van der Waals surface area contributed by atoms with Crippen molar-refractivity contribution in [3.05, 3.63) is 48.3 Å². The van der Waals surface area contributed by atoms with Gasteiger partial charge in [0.2, 0.25) is 5.91 Å². The lowest BCUT2D eigenvalue weighted by molar-refractivity contribution is 0.0946. The average molecular weight is 227 g/mol. The van der Waals surface area contributed by atoms with Crippen molar-refractivity contribution in [2.75, 3.05) is 0 Å². The monoisotopic (exact) mass is 227 g/mol. The van der Waals surface area contributed by atoms with Gasteiger partial charge in [-0.25, -0.2) is 4.39 Å². The van der Waals surface area contributed by atoms with E-state index >= 15 is 0 Å². The molecule has 0 radical (unpaired) electrons. The van der Waals surface area contributed by atoms with Gasteiger partial charge in [-0.05, 0) is 18.2 Å². The fourth-order valence-electron chi connectivity index (χ4n) is 2.31. The second-order valence-electron chi connectivity index (χ2n) is 4.01. The predicted octanol–water partition coefficient (Wildman–Crippen LogP) is 3.59. The van der Waals surface area contributed by atoms with Gasteiger partial charge >= 0.3 is 0 Å². The molecule has 0 saturated carbocycles. The van der Waals surface area contributed by atoms with E-state index in [0.717, 1.165) is 10.9 Å². The zero-order chi connectivity index (χ0) is 12.0. The van der Waals surface area contributed by atoms with Gasteiger partial charge in [-0.15, -0.1) is 0 Å². The third-order valence-corrected chi connectivity index (χ3v) is 2.96. The van der Waals surface area contributed by atoms with Crippen molar-refractivity contribution in [2.24, 2.45) is 0 Å². The number of carbonyl (C=O) groups is 1. The SMILES string of the molecule is CC(=O)n1c2ccccc2c2c(F)cccc21. The number of nitrogens with zero attached hydrogens (tertiary/aromatic N) is 1. The highest BCUT2D eigenvalue weighted by molar-refractivity contribution is 6.13. The van der Waals surface area contributed by atoms with E-state index in [0.29, 0.717) is 10.9 Å². The molecular weight excluding hydrogens is 217 g/mol. The molecule has 0 spiro atoms. The fraction of sp³-hybridized carbons (Fsp3) is 0.0714. The number of halogens is 1. The molecule has 3 rings (SSSR count). The van der Waals surface area contributed by atoms with E-state index in [-0.39, 0.29) is 11.7 Å². The quantitative estimate of drug-likeness (QED) is 0.575. The zero-order valence-corrected chi connectivity index (χ0v) is 9.27. The molecule has 0 fully saturated rings. The number of hydrogen-bond donors (Lipinski definition) is 0. The Labute approximate surface area is 97.3 Å². The summed E-state index contributed by atoms with van der Waals surface area (Å²) in [7, 11) is 0. The second-order valence-corrected chi connectivity index (χ2v) is 4.01. The van der Waals surface area contributed by atoms with Gasteiger partial charge in [0.15, 0.2) is 0 Å². The second kappa shape index (κ2) is 3.42. The van der Waals surface area contributed by atoms with Crippen molar-refractivity contribution < 1.29 is 9.18 Å². The largest absolute Gasteiger partial charge is 0.280 e. The van der Waals surface area contributed by atoms with Crippen LogP contribution in [0.15, 0.2) is 42.5 Å². The topological polar surface area (TPSA) is 22.0 Å². The molecule has 0 atom stereocenters. The Hall–Kier alpha value is -2.16. The van der Waals surface area contributed by atoms with Crippen molar-refractivity contribution in [1.29, 1.82) is 0 Å². The summed E-state index contributed by atoms with van der Waals surface area (Å²) in [5.41, 5.74) is 1.37. The molecule has 17 heavy (non-hydrogen) atoms. The summed E-state index contributed by atoms with van der Waals surface area (Å²) < 4.78 is 15.4. The maximum atomic E-state index is 13.9. The summed E-state index contributed by atoms with van der Waals surface area (Å²) in [5.74, 6) is -0.402. The summed E-state index contributed by atoms with van der Waals surface area (Å²) in [5, 5.41) is 1.29. The summed E-state index contributed by atoms with van der Waals surface area (Å²) in [6, 6.07) is 12.2. The normalized spacial score (nSPS) is 11.2. The zero-order valence-electron chi connectivity index (χ0n) is 9.27. The first-order valence-electron chi connectivity index (χ1n) is 5.39. The van der Waals surface area contributed by atoms with E-state index in [1.54, 1.807) is 16.7 Å². The van der Waals surface area contributed by atoms with Crippen LogP contribution in [-0.2, 0) is 0 Å². The molecule has 84 valence electrons. The first kappa shape index (κ1) is 10.0. The van der Waals surface area contributed by atoms with Gasteiger partial charge in [-0.1, -0.05) is 24.3 Å². The minimum absolute atomic E-state index is 0.109. The number of carbonyl (C=O) groups excluding carboxylic acids is 1. The predicted molar refractivity (Wildman–Crippen MR) is 65.7 cm³/mol. The number of hydrogen-bond acceptors (Lipinski definition) is 1. The minimum atomic E-state index is -0.293. The molecule has 0 aliphatic heterocycles. The van der Waals surface area contributed by atoms with Gasteiger partial charge in [0, 0.05) is 17.7 Å². The van der Waals surface area contributed by atoms with Crippen LogP contribution in [-0.4, -0.2) is 10.5 Å². The van der Waals surface area contributed by atoms with E-state index in [4.69, 9.17) is 0 Å². The van der Waals surface area contributed by atoms with E-state index < -0.39 is 0 Å². The Balaban J connectivity index is 2.67. The summed E-state index contributed by atoms with van der Waals surface area (Å²) in [4.78, 5) is 11.7. The lowest BCUT2D eigenvalue weighted by Crippen LogP contribution is -2.04. The molecule has 0 saturated heterocycles. The van der Waals surface area contributed by atoms with Crippen LogP contribution in [0.3, 0.4) is 0 Å². The average Bonchev–Trinajstić information content (AvgIpc) is 2.64. The van der Waals surface area contributed by atoms with Crippen LogP contribution in [0.1, 0.15) is 11.7 Å². The van der Waals surface area contributed by atoms with E-state index in [1.807, 2.05) is 24.3 Å². The number of rotatable bonds is 0. The van der Waals surface area contributed by atoms with Crippen LogP contribution < -0.4 is 0 Å². The maximum Gasteiger partial charge on any atom is 0.228 e. The van der Waals surface area contributed by atoms with E-state index in [1.165, 1.54) is 13.0 Å². The molecule has 0 amide bonds. The highest BCUT2D eigenvalue weighted by Gasteiger charge is 2.15. The van der Waals surface area contributed by atoms with Crippen LogP contribution in [0, 0.1) is 5.82 Å². The van der Waals surface area contributed by atoms with E-state index in [9.17, 15) is 9.18 Å². The molecule has 0 unspecified atom stereocenters. The number of para-hydroxylation sites is 1. The minimum Gasteiger partial charge on any atom is -0.280 e. The van der Waals surface area contributed by atoms with Gasteiger partial charge in [-0.2, -0.15) is 0 Å². The van der Waals surface area contributed by atoms with Crippen molar-refractivity contribution in [3.63, 3.8) is 0 Å². The van der Waals surface area contributed by atoms with Gasteiger partial charge in [-0.3, -0.25) is 9.36 Å². The molecule has 1 heterocycles. The van der Waals surface area contributed by atoms with Crippen LogP contribution in [0.4, 0.5) is 4.39 Å². The first-order valence-corrected chi connectivity index (χ1v) is 5.39. The Morgan fingerprint density at radius 1 is 1.06 bits per heavy atom. The van der Waals surface area contributed by atoms with Crippen LogP contribution in [0.5, 0.6) is 0 Å². The number of aromatic nitrogens is 1. The van der Waals surface area contributed by atoms with Gasteiger partial charge in [0.25, 0.3) is 0 Å². The Kier molecular flexibility index (Phi) is 2.01. The fourth-order valence-corrected chi connectivity index (χ4v) is 2.31. The van der Waals surface area contributed by atoms with E-state index in [2.05, 4.69) is 0 Å². The van der Waals surface area contributed by atoms with Crippen molar-refractivity contribution in [3.8, 4) is 0 Å².